The molecule has 4 bridgehead atoms. The first-order valence-corrected chi connectivity index (χ1v) is 12.2. The van der Waals surface area contributed by atoms with Gasteiger partial charge in [0.2, 0.25) is 5.91 Å². The van der Waals surface area contributed by atoms with E-state index in [0.717, 1.165) is 42.7 Å². The van der Waals surface area contributed by atoms with Gasteiger partial charge in [0.05, 0.1) is 18.1 Å². The molecule has 4 aliphatic carbocycles. The Balaban J connectivity index is 1.15. The van der Waals surface area contributed by atoms with E-state index in [1.54, 1.807) is 22.8 Å². The first kappa shape index (κ1) is 19.9. The van der Waals surface area contributed by atoms with Gasteiger partial charge < -0.3 is 9.73 Å². The van der Waals surface area contributed by atoms with Crippen molar-refractivity contribution in [3.05, 3.63) is 33.8 Å². The van der Waals surface area contributed by atoms with Crippen molar-refractivity contribution in [2.24, 2.45) is 17.8 Å². The summed E-state index contributed by atoms with van der Waals surface area (Å²) in [6, 6.07) is 5.27. The van der Waals surface area contributed by atoms with Crippen LogP contribution in [0.5, 0.6) is 0 Å². The van der Waals surface area contributed by atoms with Gasteiger partial charge in [-0.25, -0.2) is 4.79 Å². The molecular formula is C24H30ClN3O3. The largest absolute Gasteiger partial charge is 0.420 e. The summed E-state index contributed by atoms with van der Waals surface area (Å²) in [6.45, 7) is 1.97. The monoisotopic (exact) mass is 443 g/mol. The standard InChI is InChI=1S/C24H30ClN3O3/c25-18-3-4-21-20(9-18)28(23(30)31-21)19-2-1-5-27(13-19)14-22(29)26-24-10-15-6-16(11-24)8-17(7-15)12-24/h3-4,9,15-17,19H,1-2,5-8,10-14H2,(H,26,29)/t15?,16?,17?,19-,24?/m1/s1. The van der Waals surface area contributed by atoms with Crippen LogP contribution in [0.2, 0.25) is 5.02 Å². The third kappa shape index (κ3) is 3.62. The van der Waals surface area contributed by atoms with Crippen molar-refractivity contribution in [1.82, 2.24) is 14.8 Å². The Morgan fingerprint density at radius 1 is 1.16 bits per heavy atom. The molecule has 0 unspecified atom stereocenters. The van der Waals surface area contributed by atoms with Gasteiger partial charge >= 0.3 is 5.76 Å². The highest BCUT2D eigenvalue weighted by atomic mass is 35.5. The minimum Gasteiger partial charge on any atom is -0.408 e. The van der Waals surface area contributed by atoms with E-state index in [9.17, 15) is 9.59 Å². The van der Waals surface area contributed by atoms with Gasteiger partial charge in [0.15, 0.2) is 5.58 Å². The minimum absolute atomic E-state index is 0.00619. The molecule has 1 atom stereocenters. The maximum atomic E-state index is 13.1. The number of piperidine rings is 1. The van der Waals surface area contributed by atoms with E-state index in [0.29, 0.717) is 23.7 Å². The Kier molecular flexibility index (Phi) is 4.73. The molecule has 166 valence electrons. The van der Waals surface area contributed by atoms with Crippen LogP contribution < -0.4 is 11.1 Å². The second kappa shape index (κ2) is 7.38. The predicted molar refractivity (Wildman–Crippen MR) is 119 cm³/mol. The van der Waals surface area contributed by atoms with Crippen LogP contribution in [0.25, 0.3) is 11.1 Å². The molecule has 1 aromatic heterocycles. The van der Waals surface area contributed by atoms with E-state index in [4.69, 9.17) is 16.0 Å². The van der Waals surface area contributed by atoms with Gasteiger partial charge in [-0.15, -0.1) is 0 Å². The quantitative estimate of drug-likeness (QED) is 0.776. The van der Waals surface area contributed by atoms with Crippen molar-refractivity contribution in [3.8, 4) is 0 Å². The van der Waals surface area contributed by atoms with E-state index in [1.165, 1.54) is 38.5 Å². The zero-order valence-electron chi connectivity index (χ0n) is 17.8. The second-order valence-electron chi connectivity index (χ2n) is 10.6. The lowest BCUT2D eigenvalue weighted by Crippen LogP contribution is -2.61. The molecule has 1 N–H and O–H groups in total. The Morgan fingerprint density at radius 2 is 1.87 bits per heavy atom. The van der Waals surface area contributed by atoms with Gasteiger partial charge in [-0.05, 0) is 93.9 Å². The molecule has 1 amide bonds. The molecule has 7 rings (SSSR count). The van der Waals surface area contributed by atoms with Crippen molar-refractivity contribution in [3.63, 3.8) is 0 Å². The van der Waals surface area contributed by atoms with Gasteiger partial charge in [0.1, 0.15) is 0 Å². The van der Waals surface area contributed by atoms with Gasteiger partial charge in [-0.1, -0.05) is 11.6 Å². The third-order valence-electron chi connectivity index (χ3n) is 8.23. The molecule has 31 heavy (non-hydrogen) atoms. The predicted octanol–water partition coefficient (Wildman–Crippen LogP) is 3.97. The molecule has 0 spiro atoms. The molecule has 1 aliphatic heterocycles. The van der Waals surface area contributed by atoms with E-state index < -0.39 is 0 Å². The number of halogens is 1. The summed E-state index contributed by atoms with van der Waals surface area (Å²) in [5.74, 6) is 2.26. The summed E-state index contributed by atoms with van der Waals surface area (Å²) < 4.78 is 7.16. The van der Waals surface area contributed by atoms with Crippen molar-refractivity contribution >= 4 is 28.6 Å². The van der Waals surface area contributed by atoms with Gasteiger partial charge in [0, 0.05) is 17.1 Å². The van der Waals surface area contributed by atoms with Gasteiger partial charge in [0.25, 0.3) is 0 Å². The number of benzene rings is 1. The SMILES string of the molecule is O=C(CN1CCC[C@@H](n2c(=O)oc3ccc(Cl)cc32)C1)NC12CC3CC(CC(C3)C1)C2. The Bertz CT molecular complexity index is 1040. The molecule has 0 radical (unpaired) electrons. The average Bonchev–Trinajstić information content (AvgIpc) is 3.01. The number of rotatable bonds is 4. The minimum atomic E-state index is -0.345. The summed E-state index contributed by atoms with van der Waals surface area (Å²) in [4.78, 5) is 27.8. The summed E-state index contributed by atoms with van der Waals surface area (Å²) in [6.07, 6.45) is 9.49. The van der Waals surface area contributed by atoms with E-state index >= 15 is 0 Å². The highest BCUT2D eigenvalue weighted by Crippen LogP contribution is 2.55. The number of hydrogen-bond donors (Lipinski definition) is 1. The van der Waals surface area contributed by atoms with Crippen molar-refractivity contribution < 1.29 is 9.21 Å². The summed E-state index contributed by atoms with van der Waals surface area (Å²) in [5, 5.41) is 4.07. The molecular weight excluding hydrogens is 414 g/mol. The smallest absolute Gasteiger partial charge is 0.408 e. The summed E-state index contributed by atoms with van der Waals surface area (Å²) >= 11 is 6.16. The van der Waals surface area contributed by atoms with Gasteiger partial charge in [-0.2, -0.15) is 0 Å². The van der Waals surface area contributed by atoms with Crippen LogP contribution in [0.4, 0.5) is 0 Å². The van der Waals surface area contributed by atoms with Crippen LogP contribution in [0, 0.1) is 17.8 Å². The molecule has 7 heteroatoms. The summed E-state index contributed by atoms with van der Waals surface area (Å²) in [7, 11) is 0. The third-order valence-corrected chi connectivity index (χ3v) is 8.47. The van der Waals surface area contributed by atoms with Crippen LogP contribution in [0.1, 0.15) is 57.4 Å². The second-order valence-corrected chi connectivity index (χ2v) is 11.1. The molecule has 1 aromatic carbocycles. The molecule has 4 saturated carbocycles. The molecule has 2 aromatic rings. The Hall–Kier alpha value is -1.79. The fraction of sp³-hybridized carbons (Fsp3) is 0.667. The highest BCUT2D eigenvalue weighted by Gasteiger charge is 2.51. The molecule has 2 heterocycles. The zero-order valence-corrected chi connectivity index (χ0v) is 18.6. The lowest BCUT2D eigenvalue weighted by Gasteiger charge is -2.57. The number of carbonyl (C=O) groups is 1. The number of carbonyl (C=O) groups excluding carboxylic acids is 1. The first-order valence-electron chi connectivity index (χ1n) is 11.8. The van der Waals surface area contributed by atoms with Gasteiger partial charge in [-0.3, -0.25) is 14.3 Å². The number of likely N-dealkylation sites (tertiary alicyclic amines) is 1. The number of nitrogens with one attached hydrogen (secondary N) is 1. The number of hydrogen-bond acceptors (Lipinski definition) is 4. The number of aromatic nitrogens is 1. The number of fused-ring (bicyclic) bond motifs is 1. The Morgan fingerprint density at radius 3 is 2.58 bits per heavy atom. The molecule has 6 nitrogen and oxygen atoms in total. The maximum Gasteiger partial charge on any atom is 0.420 e. The normalized spacial score (nSPS) is 35.0. The first-order chi connectivity index (χ1) is 15.0. The van der Waals surface area contributed by atoms with E-state index in [-0.39, 0.29) is 23.2 Å². The Labute approximate surface area is 186 Å². The number of nitrogens with zero attached hydrogens (tertiary/aromatic N) is 2. The maximum absolute atomic E-state index is 13.1. The number of oxazole rings is 1. The van der Waals surface area contributed by atoms with Crippen LogP contribution in [0.3, 0.4) is 0 Å². The van der Waals surface area contributed by atoms with Crippen molar-refractivity contribution in [1.29, 1.82) is 0 Å². The number of amides is 1. The lowest BCUT2D eigenvalue weighted by atomic mass is 9.53. The summed E-state index contributed by atoms with van der Waals surface area (Å²) in [5.41, 5.74) is 1.35. The zero-order chi connectivity index (χ0) is 21.2. The topological polar surface area (TPSA) is 67.5 Å². The fourth-order valence-corrected chi connectivity index (χ4v) is 7.71. The van der Waals surface area contributed by atoms with E-state index in [1.807, 2.05) is 0 Å². The lowest BCUT2D eigenvalue weighted by molar-refractivity contribution is -0.128. The molecule has 5 aliphatic rings. The molecule has 5 fully saturated rings. The van der Waals surface area contributed by atoms with Crippen LogP contribution in [-0.2, 0) is 4.79 Å². The average molecular weight is 444 g/mol. The van der Waals surface area contributed by atoms with E-state index in [2.05, 4.69) is 10.2 Å². The molecule has 1 saturated heterocycles. The highest BCUT2D eigenvalue weighted by molar-refractivity contribution is 6.31. The van der Waals surface area contributed by atoms with Crippen molar-refractivity contribution in [2.75, 3.05) is 19.6 Å². The van der Waals surface area contributed by atoms with Crippen LogP contribution >= 0.6 is 11.6 Å². The van der Waals surface area contributed by atoms with Crippen molar-refractivity contribution in [2.45, 2.75) is 62.9 Å². The van der Waals surface area contributed by atoms with Crippen LogP contribution in [-0.4, -0.2) is 40.5 Å². The van der Waals surface area contributed by atoms with Crippen LogP contribution in [0.15, 0.2) is 27.4 Å². The fourth-order valence-electron chi connectivity index (χ4n) is 7.54.